The molecular weight excluding hydrogens is 196 g/mol. The molecule has 0 spiro atoms. The summed E-state index contributed by atoms with van der Waals surface area (Å²) in [5.41, 5.74) is 2.85. The number of hydrogen-bond donors (Lipinski definition) is 1. The number of aryl methyl sites for hydroxylation is 1. The van der Waals surface area contributed by atoms with Crippen LogP contribution in [-0.4, -0.2) is 12.0 Å². The van der Waals surface area contributed by atoms with E-state index in [0.29, 0.717) is 11.5 Å². The molecule has 2 heteroatoms. The molecule has 1 unspecified atom stereocenters. The summed E-state index contributed by atoms with van der Waals surface area (Å²) in [6.07, 6.45) is 4.22. The summed E-state index contributed by atoms with van der Waals surface area (Å²) in [4.78, 5) is 4.49. The molecule has 16 heavy (non-hydrogen) atoms. The van der Waals surface area contributed by atoms with Crippen LogP contribution < -0.4 is 5.32 Å². The Kier molecular flexibility index (Phi) is 4.48. The quantitative estimate of drug-likeness (QED) is 0.840. The van der Waals surface area contributed by atoms with Gasteiger partial charge < -0.3 is 5.32 Å². The Morgan fingerprint density at radius 3 is 2.56 bits per heavy atom. The fraction of sp³-hybridized carbons (Fsp3) is 0.643. The maximum Gasteiger partial charge on any atom is 0.0602 e. The Bertz CT molecular complexity index is 326. The summed E-state index contributed by atoms with van der Waals surface area (Å²) in [6.45, 7) is 8.98. The SMILES string of the molecule is CNC(CCC(C)(C)C)c1ncccc1C. The number of aromatic nitrogens is 1. The number of nitrogens with zero attached hydrogens (tertiary/aromatic N) is 1. The number of rotatable bonds is 4. The number of pyridine rings is 1. The lowest BCUT2D eigenvalue weighted by atomic mass is 9.87. The van der Waals surface area contributed by atoms with Gasteiger partial charge in [0, 0.05) is 12.2 Å². The molecule has 0 aliphatic rings. The van der Waals surface area contributed by atoms with Crippen LogP contribution in [0.4, 0.5) is 0 Å². The van der Waals surface area contributed by atoms with Crippen molar-refractivity contribution in [2.24, 2.45) is 5.41 Å². The van der Waals surface area contributed by atoms with Crippen molar-refractivity contribution in [1.82, 2.24) is 10.3 Å². The summed E-state index contributed by atoms with van der Waals surface area (Å²) in [7, 11) is 2.02. The van der Waals surface area contributed by atoms with Gasteiger partial charge in [-0.2, -0.15) is 0 Å². The minimum Gasteiger partial charge on any atom is -0.312 e. The van der Waals surface area contributed by atoms with E-state index in [4.69, 9.17) is 0 Å². The molecule has 0 fully saturated rings. The monoisotopic (exact) mass is 220 g/mol. The van der Waals surface area contributed by atoms with Crippen LogP contribution in [0.2, 0.25) is 0 Å². The van der Waals surface area contributed by atoms with Crippen molar-refractivity contribution in [3.63, 3.8) is 0 Å². The van der Waals surface area contributed by atoms with Gasteiger partial charge in [-0.3, -0.25) is 4.98 Å². The topological polar surface area (TPSA) is 24.9 Å². The molecule has 0 amide bonds. The van der Waals surface area contributed by atoms with Crippen LogP contribution in [-0.2, 0) is 0 Å². The van der Waals surface area contributed by atoms with Crippen molar-refractivity contribution in [3.05, 3.63) is 29.6 Å². The molecule has 1 atom stereocenters. The first-order valence-electron chi connectivity index (χ1n) is 6.03. The van der Waals surface area contributed by atoms with Crippen molar-refractivity contribution in [1.29, 1.82) is 0 Å². The van der Waals surface area contributed by atoms with Crippen molar-refractivity contribution in [2.45, 2.75) is 46.6 Å². The molecule has 0 aromatic carbocycles. The molecule has 0 saturated heterocycles. The molecule has 0 bridgehead atoms. The molecule has 1 heterocycles. The second kappa shape index (κ2) is 5.44. The minimum atomic E-state index is 0.375. The zero-order chi connectivity index (χ0) is 12.2. The van der Waals surface area contributed by atoms with E-state index in [1.165, 1.54) is 17.7 Å². The van der Waals surface area contributed by atoms with E-state index in [2.05, 4.69) is 44.1 Å². The normalized spacial score (nSPS) is 13.8. The van der Waals surface area contributed by atoms with Gasteiger partial charge in [0.15, 0.2) is 0 Å². The van der Waals surface area contributed by atoms with Gasteiger partial charge in [-0.25, -0.2) is 0 Å². The smallest absolute Gasteiger partial charge is 0.0602 e. The summed E-state index contributed by atoms with van der Waals surface area (Å²) in [6, 6.07) is 4.50. The lowest BCUT2D eigenvalue weighted by Gasteiger charge is -2.23. The van der Waals surface area contributed by atoms with E-state index >= 15 is 0 Å². The van der Waals surface area contributed by atoms with E-state index in [0.717, 1.165) is 6.42 Å². The minimum absolute atomic E-state index is 0.375. The standard InChI is InChI=1S/C14H24N2/c1-11-7-6-10-16-13(11)12(15-5)8-9-14(2,3)4/h6-7,10,12,15H,8-9H2,1-5H3. The fourth-order valence-electron chi connectivity index (χ4n) is 1.86. The Morgan fingerprint density at radius 2 is 2.06 bits per heavy atom. The van der Waals surface area contributed by atoms with E-state index < -0.39 is 0 Å². The third-order valence-electron chi connectivity index (χ3n) is 2.91. The second-order valence-electron chi connectivity index (χ2n) is 5.65. The van der Waals surface area contributed by atoms with Crippen LogP contribution in [0, 0.1) is 12.3 Å². The Balaban J connectivity index is 2.72. The van der Waals surface area contributed by atoms with Gasteiger partial charge in [0.25, 0.3) is 0 Å². The summed E-state index contributed by atoms with van der Waals surface area (Å²) < 4.78 is 0. The van der Waals surface area contributed by atoms with Gasteiger partial charge in [0.1, 0.15) is 0 Å². The first-order valence-corrected chi connectivity index (χ1v) is 6.03. The van der Waals surface area contributed by atoms with Gasteiger partial charge in [-0.1, -0.05) is 26.8 Å². The lowest BCUT2D eigenvalue weighted by molar-refractivity contribution is 0.335. The average molecular weight is 220 g/mol. The second-order valence-corrected chi connectivity index (χ2v) is 5.65. The molecule has 0 saturated carbocycles. The van der Waals surface area contributed by atoms with Crippen LogP contribution in [0.15, 0.2) is 18.3 Å². The van der Waals surface area contributed by atoms with Crippen molar-refractivity contribution in [2.75, 3.05) is 7.05 Å². The number of nitrogens with one attached hydrogen (secondary N) is 1. The zero-order valence-corrected chi connectivity index (χ0v) is 11.2. The maximum atomic E-state index is 4.49. The molecule has 1 rings (SSSR count). The van der Waals surface area contributed by atoms with Gasteiger partial charge in [0.05, 0.1) is 5.69 Å². The van der Waals surface area contributed by atoms with Crippen LogP contribution in [0.5, 0.6) is 0 Å². The zero-order valence-electron chi connectivity index (χ0n) is 11.2. The van der Waals surface area contributed by atoms with E-state index in [9.17, 15) is 0 Å². The van der Waals surface area contributed by atoms with Crippen LogP contribution in [0.3, 0.4) is 0 Å². The molecule has 0 aliphatic carbocycles. The average Bonchev–Trinajstić information content (AvgIpc) is 2.20. The first kappa shape index (κ1) is 13.2. The van der Waals surface area contributed by atoms with Gasteiger partial charge in [-0.15, -0.1) is 0 Å². The summed E-state index contributed by atoms with van der Waals surface area (Å²) >= 11 is 0. The summed E-state index contributed by atoms with van der Waals surface area (Å²) in [5.74, 6) is 0. The van der Waals surface area contributed by atoms with Crippen LogP contribution in [0.25, 0.3) is 0 Å². The van der Waals surface area contributed by atoms with E-state index in [1.54, 1.807) is 0 Å². The molecule has 0 aliphatic heterocycles. The fourth-order valence-corrected chi connectivity index (χ4v) is 1.86. The molecular formula is C14H24N2. The van der Waals surface area contributed by atoms with E-state index in [1.807, 2.05) is 19.3 Å². The lowest BCUT2D eigenvalue weighted by Crippen LogP contribution is -2.20. The Labute approximate surface area is 99.5 Å². The maximum absolute atomic E-state index is 4.49. The van der Waals surface area contributed by atoms with Crippen LogP contribution in [0.1, 0.15) is 50.9 Å². The molecule has 1 aromatic rings. The van der Waals surface area contributed by atoms with Gasteiger partial charge in [-0.05, 0) is 43.9 Å². The largest absolute Gasteiger partial charge is 0.312 e. The molecule has 90 valence electrons. The van der Waals surface area contributed by atoms with Crippen molar-refractivity contribution >= 4 is 0 Å². The highest BCUT2D eigenvalue weighted by atomic mass is 14.9. The third-order valence-corrected chi connectivity index (χ3v) is 2.91. The highest BCUT2D eigenvalue weighted by Gasteiger charge is 2.17. The van der Waals surface area contributed by atoms with Crippen LogP contribution >= 0.6 is 0 Å². The number of hydrogen-bond acceptors (Lipinski definition) is 2. The summed E-state index contributed by atoms with van der Waals surface area (Å²) in [5, 5.41) is 3.37. The van der Waals surface area contributed by atoms with Crippen molar-refractivity contribution in [3.8, 4) is 0 Å². The Morgan fingerprint density at radius 1 is 1.38 bits per heavy atom. The predicted octanol–water partition coefficient (Wildman–Crippen LogP) is 3.48. The molecule has 2 nitrogen and oxygen atoms in total. The first-order chi connectivity index (χ1) is 7.44. The van der Waals surface area contributed by atoms with Gasteiger partial charge in [0.2, 0.25) is 0 Å². The molecule has 1 N–H and O–H groups in total. The highest BCUT2D eigenvalue weighted by Crippen LogP contribution is 2.27. The molecule has 1 aromatic heterocycles. The van der Waals surface area contributed by atoms with Gasteiger partial charge >= 0.3 is 0 Å². The van der Waals surface area contributed by atoms with E-state index in [-0.39, 0.29) is 0 Å². The third kappa shape index (κ3) is 3.93. The molecule has 0 radical (unpaired) electrons. The van der Waals surface area contributed by atoms with Crippen molar-refractivity contribution < 1.29 is 0 Å². The predicted molar refractivity (Wildman–Crippen MR) is 69.5 cm³/mol. The highest BCUT2D eigenvalue weighted by molar-refractivity contribution is 5.20. The Hall–Kier alpha value is -0.890.